The molecule has 1 aliphatic carbocycles. The van der Waals surface area contributed by atoms with Crippen LogP contribution in [0, 0.1) is 23.1 Å². The van der Waals surface area contributed by atoms with E-state index < -0.39 is 12.0 Å². The maximum Gasteiger partial charge on any atom is 0.236 e. The van der Waals surface area contributed by atoms with Crippen molar-refractivity contribution >= 4 is 23.5 Å². The molecule has 2 heterocycles. The minimum atomic E-state index is -0.681. The standard InChI is InChI=1S/C30H48FN7O2/c1-19(2)20-5-8-22(9-6-20)37-16-12-23(13-17-37)38-27-10-7-21(31)18-25(27)24(29(38)40)11-15-35-28(39)26(32)4-3-14-36-30(33)34/h7,10,18-20,22-24,26H,3-6,8-9,11-17,32H2,1-2H3,(H,35,39)(H4,33,34,36)/t20-,22+,24?,26-/m0/s1. The number of halogens is 1. The number of piperidine rings is 1. The highest BCUT2D eigenvalue weighted by Gasteiger charge is 2.42. The first-order chi connectivity index (χ1) is 19.2. The van der Waals surface area contributed by atoms with Crippen LogP contribution >= 0.6 is 0 Å². The Kier molecular flexibility index (Phi) is 10.4. The molecular formula is C30H48FN7O2. The number of benzene rings is 1. The molecule has 222 valence electrons. The summed E-state index contributed by atoms with van der Waals surface area (Å²) < 4.78 is 14.3. The number of anilines is 1. The second kappa shape index (κ2) is 13.8. The zero-order chi connectivity index (χ0) is 28.8. The van der Waals surface area contributed by atoms with Crippen molar-refractivity contribution < 1.29 is 14.0 Å². The first kappa shape index (κ1) is 30.2. The van der Waals surface area contributed by atoms with Crippen LogP contribution in [0.1, 0.15) is 83.1 Å². The van der Waals surface area contributed by atoms with Crippen LogP contribution in [0.2, 0.25) is 0 Å². The Morgan fingerprint density at radius 3 is 2.42 bits per heavy atom. The number of nitrogens with two attached hydrogens (primary N) is 2. The summed E-state index contributed by atoms with van der Waals surface area (Å²) in [6, 6.07) is 4.74. The van der Waals surface area contributed by atoms with E-state index in [2.05, 4.69) is 29.4 Å². The molecule has 1 unspecified atom stereocenters. The summed E-state index contributed by atoms with van der Waals surface area (Å²) in [5.41, 5.74) is 12.8. The topological polar surface area (TPSA) is 141 Å². The summed E-state index contributed by atoms with van der Waals surface area (Å²) in [6.07, 6.45) is 8.46. The molecule has 9 nitrogen and oxygen atoms in total. The van der Waals surface area contributed by atoms with Crippen molar-refractivity contribution in [3.63, 3.8) is 0 Å². The fourth-order valence-electron chi connectivity index (χ4n) is 6.89. The predicted octanol–water partition coefficient (Wildman–Crippen LogP) is 3.03. The van der Waals surface area contributed by atoms with Gasteiger partial charge in [-0.15, -0.1) is 0 Å². The van der Waals surface area contributed by atoms with Crippen LogP contribution in [0.4, 0.5) is 10.1 Å². The second-order valence-corrected chi connectivity index (χ2v) is 12.2. The normalized spacial score (nSPS) is 24.7. The fourth-order valence-corrected chi connectivity index (χ4v) is 6.89. The van der Waals surface area contributed by atoms with Gasteiger partial charge in [0.05, 0.1) is 12.0 Å². The van der Waals surface area contributed by atoms with E-state index in [1.807, 2.05) is 4.90 Å². The van der Waals surface area contributed by atoms with Gasteiger partial charge in [-0.05, 0) is 93.4 Å². The molecule has 0 spiro atoms. The molecule has 0 aromatic heterocycles. The minimum Gasteiger partial charge on any atom is -0.370 e. The quantitative estimate of drug-likeness (QED) is 0.161. The number of guanidine groups is 1. The number of rotatable bonds is 11. The molecule has 4 rings (SSSR count). The molecule has 1 saturated heterocycles. The molecule has 40 heavy (non-hydrogen) atoms. The number of hydrogen-bond donors (Lipinski definition) is 5. The Morgan fingerprint density at radius 2 is 1.77 bits per heavy atom. The molecule has 0 radical (unpaired) electrons. The number of amides is 2. The number of likely N-dealkylation sites (tertiary alicyclic amines) is 1. The number of carbonyl (C=O) groups excluding carboxylic acids is 2. The lowest BCUT2D eigenvalue weighted by atomic mass is 9.79. The van der Waals surface area contributed by atoms with Crippen molar-refractivity contribution in [3.05, 3.63) is 29.6 Å². The van der Waals surface area contributed by atoms with Gasteiger partial charge >= 0.3 is 0 Å². The smallest absolute Gasteiger partial charge is 0.236 e. The van der Waals surface area contributed by atoms with E-state index >= 15 is 0 Å². The molecule has 1 aromatic carbocycles. The summed E-state index contributed by atoms with van der Waals surface area (Å²) in [4.78, 5) is 30.7. The van der Waals surface area contributed by atoms with E-state index in [-0.39, 0.29) is 36.2 Å². The van der Waals surface area contributed by atoms with Crippen molar-refractivity contribution in [2.45, 2.75) is 95.7 Å². The largest absolute Gasteiger partial charge is 0.370 e. The number of carbonyl (C=O) groups is 2. The van der Waals surface area contributed by atoms with Gasteiger partial charge in [0.25, 0.3) is 0 Å². The summed E-state index contributed by atoms with van der Waals surface area (Å²) in [5.74, 6) is 0.392. The first-order valence-corrected chi connectivity index (χ1v) is 15.1. The van der Waals surface area contributed by atoms with E-state index in [4.69, 9.17) is 16.9 Å². The van der Waals surface area contributed by atoms with Crippen LogP contribution < -0.4 is 27.0 Å². The second-order valence-electron chi connectivity index (χ2n) is 12.2. The third-order valence-electron chi connectivity index (χ3n) is 9.30. The Balaban J connectivity index is 1.30. The van der Waals surface area contributed by atoms with Crippen LogP contribution in [0.25, 0.3) is 0 Å². The van der Waals surface area contributed by atoms with E-state index in [0.717, 1.165) is 43.5 Å². The van der Waals surface area contributed by atoms with Crippen molar-refractivity contribution in [2.75, 3.05) is 31.1 Å². The maximum absolute atomic E-state index is 14.3. The number of nitrogens with one attached hydrogen (secondary N) is 3. The molecule has 10 heteroatoms. The molecule has 2 atom stereocenters. The van der Waals surface area contributed by atoms with Crippen LogP contribution in [0.15, 0.2) is 18.2 Å². The molecule has 0 bridgehead atoms. The van der Waals surface area contributed by atoms with Crippen LogP contribution in [-0.2, 0) is 9.59 Å². The van der Waals surface area contributed by atoms with Gasteiger partial charge in [0.1, 0.15) is 5.82 Å². The zero-order valence-corrected chi connectivity index (χ0v) is 24.1. The SMILES string of the molecule is CC(C)[C@H]1CC[C@@H](N2CCC(N3C(=O)C(CCNC(=O)[C@@H](N)CCCNC(=N)N)c4cc(F)ccc43)CC2)CC1. The Morgan fingerprint density at radius 1 is 1.07 bits per heavy atom. The molecule has 2 fully saturated rings. The van der Waals surface area contributed by atoms with Crippen molar-refractivity contribution in [3.8, 4) is 0 Å². The van der Waals surface area contributed by atoms with Crippen molar-refractivity contribution in [1.82, 2.24) is 15.5 Å². The zero-order valence-electron chi connectivity index (χ0n) is 24.1. The van der Waals surface area contributed by atoms with Gasteiger partial charge in [0.15, 0.2) is 5.96 Å². The lowest BCUT2D eigenvalue weighted by molar-refractivity contribution is -0.123. The highest BCUT2D eigenvalue weighted by atomic mass is 19.1. The van der Waals surface area contributed by atoms with E-state index in [1.165, 1.54) is 37.8 Å². The Hall–Kier alpha value is -2.72. The first-order valence-electron chi connectivity index (χ1n) is 15.1. The molecule has 2 amide bonds. The maximum atomic E-state index is 14.3. The van der Waals surface area contributed by atoms with E-state index in [0.29, 0.717) is 37.4 Å². The van der Waals surface area contributed by atoms with Crippen molar-refractivity contribution in [2.24, 2.45) is 23.3 Å². The summed E-state index contributed by atoms with van der Waals surface area (Å²) in [6.45, 7) is 7.41. The van der Waals surface area contributed by atoms with Gasteiger partial charge in [-0.3, -0.25) is 15.0 Å². The highest BCUT2D eigenvalue weighted by molar-refractivity contribution is 6.05. The lowest BCUT2D eigenvalue weighted by Crippen LogP contribution is -2.50. The third kappa shape index (κ3) is 7.32. The van der Waals surface area contributed by atoms with Gasteiger partial charge < -0.3 is 31.9 Å². The minimum absolute atomic E-state index is 0.00495. The lowest BCUT2D eigenvalue weighted by Gasteiger charge is -2.43. The van der Waals surface area contributed by atoms with Gasteiger partial charge in [0.2, 0.25) is 11.8 Å². The average Bonchev–Trinajstić information content (AvgIpc) is 3.21. The van der Waals surface area contributed by atoms with Crippen LogP contribution in [-0.4, -0.2) is 67.0 Å². The number of nitrogens with zero attached hydrogens (tertiary/aromatic N) is 2. The van der Waals surface area contributed by atoms with Crippen molar-refractivity contribution in [1.29, 1.82) is 5.41 Å². The number of fused-ring (bicyclic) bond motifs is 1. The fraction of sp³-hybridized carbons (Fsp3) is 0.700. The molecule has 1 saturated carbocycles. The van der Waals surface area contributed by atoms with Gasteiger partial charge in [-0.1, -0.05) is 13.8 Å². The van der Waals surface area contributed by atoms with Gasteiger partial charge in [-0.25, -0.2) is 4.39 Å². The van der Waals surface area contributed by atoms with E-state index in [1.54, 1.807) is 6.07 Å². The van der Waals surface area contributed by atoms with Gasteiger partial charge in [0, 0.05) is 44.0 Å². The summed E-state index contributed by atoms with van der Waals surface area (Å²) >= 11 is 0. The number of hydrogen-bond acceptors (Lipinski definition) is 5. The Bertz CT molecular complexity index is 1030. The average molecular weight is 558 g/mol. The molecule has 7 N–H and O–H groups in total. The monoisotopic (exact) mass is 557 g/mol. The molecule has 3 aliphatic rings. The highest BCUT2D eigenvalue weighted by Crippen LogP contribution is 2.42. The molecule has 2 aliphatic heterocycles. The van der Waals surface area contributed by atoms with E-state index in [9.17, 15) is 14.0 Å². The van der Waals surface area contributed by atoms with Crippen LogP contribution in [0.5, 0.6) is 0 Å². The summed E-state index contributed by atoms with van der Waals surface area (Å²) in [5, 5.41) is 12.7. The third-order valence-corrected chi connectivity index (χ3v) is 9.30. The van der Waals surface area contributed by atoms with Crippen LogP contribution in [0.3, 0.4) is 0 Å². The predicted molar refractivity (Wildman–Crippen MR) is 157 cm³/mol. The van der Waals surface area contributed by atoms with Gasteiger partial charge in [-0.2, -0.15) is 0 Å². The molecule has 1 aromatic rings. The molecular weight excluding hydrogens is 509 g/mol. The summed E-state index contributed by atoms with van der Waals surface area (Å²) in [7, 11) is 0. The Labute approximate surface area is 238 Å².